The van der Waals surface area contributed by atoms with Gasteiger partial charge in [-0.3, -0.25) is 9.69 Å². The number of carbonyl (C=O) groups is 1. The fraction of sp³-hybridized carbons (Fsp3) is 0.588. The summed E-state index contributed by atoms with van der Waals surface area (Å²) < 4.78 is 5.29. The zero-order valence-corrected chi connectivity index (χ0v) is 13.1. The largest absolute Gasteiger partial charge is 0.378 e. The van der Waals surface area contributed by atoms with Gasteiger partial charge in [0.2, 0.25) is 5.91 Å². The summed E-state index contributed by atoms with van der Waals surface area (Å²) in [5.74, 6) is 0.247. The lowest BCUT2D eigenvalue weighted by atomic mass is 10.1. The lowest BCUT2D eigenvalue weighted by Crippen LogP contribution is -2.42. The first-order valence-electron chi connectivity index (χ1n) is 7.80. The first kappa shape index (κ1) is 16.0. The van der Waals surface area contributed by atoms with Crippen molar-refractivity contribution in [2.75, 3.05) is 32.8 Å². The Hall–Kier alpha value is -1.39. The van der Waals surface area contributed by atoms with Crippen molar-refractivity contribution in [2.45, 2.75) is 32.9 Å². The van der Waals surface area contributed by atoms with Gasteiger partial charge in [0.25, 0.3) is 0 Å². The molecule has 4 heteroatoms. The normalized spacial score (nSPS) is 15.7. The van der Waals surface area contributed by atoms with E-state index in [1.54, 1.807) is 0 Å². The van der Waals surface area contributed by atoms with Crippen LogP contribution in [0.25, 0.3) is 0 Å². The van der Waals surface area contributed by atoms with Crippen LogP contribution in [0.2, 0.25) is 0 Å². The minimum atomic E-state index is 0.247. The third-order valence-electron chi connectivity index (χ3n) is 3.94. The Morgan fingerprint density at radius 3 is 2.52 bits per heavy atom. The maximum atomic E-state index is 12.2. The molecule has 1 aromatic rings. The number of morpholine rings is 1. The second kappa shape index (κ2) is 8.15. The summed E-state index contributed by atoms with van der Waals surface area (Å²) in [5, 5.41) is 0. The van der Waals surface area contributed by atoms with E-state index >= 15 is 0 Å². The van der Waals surface area contributed by atoms with Crippen molar-refractivity contribution >= 4 is 5.91 Å². The summed E-state index contributed by atoms with van der Waals surface area (Å²) in [5.41, 5.74) is 1.30. The van der Waals surface area contributed by atoms with E-state index in [1.165, 1.54) is 5.56 Å². The van der Waals surface area contributed by atoms with Crippen molar-refractivity contribution in [3.63, 3.8) is 0 Å². The molecule has 0 atom stereocenters. The molecule has 1 heterocycles. The third kappa shape index (κ3) is 5.14. The van der Waals surface area contributed by atoms with Gasteiger partial charge in [-0.05, 0) is 19.4 Å². The van der Waals surface area contributed by atoms with Crippen LogP contribution in [0.1, 0.15) is 25.8 Å². The van der Waals surface area contributed by atoms with Gasteiger partial charge in [-0.2, -0.15) is 0 Å². The standard InChI is InChI=1S/C17H26N2O2/c1-15(2)19(14-16-6-4-3-5-7-16)9-8-17(20)18-10-12-21-13-11-18/h3-7,15H,8-14H2,1-2H3. The van der Waals surface area contributed by atoms with E-state index in [2.05, 4.69) is 43.0 Å². The van der Waals surface area contributed by atoms with E-state index in [0.29, 0.717) is 25.7 Å². The number of nitrogens with zero attached hydrogens (tertiary/aromatic N) is 2. The fourth-order valence-corrected chi connectivity index (χ4v) is 2.55. The molecule has 0 radical (unpaired) electrons. The van der Waals surface area contributed by atoms with Gasteiger partial charge in [-0.15, -0.1) is 0 Å². The molecule has 1 aliphatic rings. The highest BCUT2D eigenvalue weighted by Crippen LogP contribution is 2.10. The molecule has 116 valence electrons. The summed E-state index contributed by atoms with van der Waals surface area (Å²) in [4.78, 5) is 16.5. The topological polar surface area (TPSA) is 32.8 Å². The monoisotopic (exact) mass is 290 g/mol. The maximum Gasteiger partial charge on any atom is 0.224 e. The van der Waals surface area contributed by atoms with Crippen molar-refractivity contribution in [1.29, 1.82) is 0 Å². The molecule has 0 spiro atoms. The highest BCUT2D eigenvalue weighted by molar-refractivity contribution is 5.76. The molecular weight excluding hydrogens is 264 g/mol. The minimum absolute atomic E-state index is 0.247. The molecule has 0 N–H and O–H groups in total. The maximum absolute atomic E-state index is 12.2. The smallest absolute Gasteiger partial charge is 0.224 e. The van der Waals surface area contributed by atoms with Crippen LogP contribution in [0.3, 0.4) is 0 Å². The third-order valence-corrected chi connectivity index (χ3v) is 3.94. The molecule has 0 bridgehead atoms. The first-order chi connectivity index (χ1) is 10.2. The molecule has 4 nitrogen and oxygen atoms in total. The van der Waals surface area contributed by atoms with E-state index < -0.39 is 0 Å². The molecule has 0 aliphatic carbocycles. The van der Waals surface area contributed by atoms with Crippen LogP contribution >= 0.6 is 0 Å². The van der Waals surface area contributed by atoms with Gasteiger partial charge >= 0.3 is 0 Å². The van der Waals surface area contributed by atoms with Crippen molar-refractivity contribution < 1.29 is 9.53 Å². The second-order valence-electron chi connectivity index (χ2n) is 5.79. The Morgan fingerprint density at radius 2 is 1.90 bits per heavy atom. The molecule has 1 aromatic carbocycles. The summed E-state index contributed by atoms with van der Waals surface area (Å²) in [6.45, 7) is 8.88. The zero-order valence-electron chi connectivity index (χ0n) is 13.1. The van der Waals surface area contributed by atoms with Crippen molar-refractivity contribution in [3.05, 3.63) is 35.9 Å². The Balaban J connectivity index is 1.83. The van der Waals surface area contributed by atoms with Crippen LogP contribution < -0.4 is 0 Å². The van der Waals surface area contributed by atoms with E-state index in [0.717, 1.165) is 26.2 Å². The lowest BCUT2D eigenvalue weighted by Gasteiger charge is -2.30. The quantitative estimate of drug-likeness (QED) is 0.805. The lowest BCUT2D eigenvalue weighted by molar-refractivity contribution is -0.135. The second-order valence-corrected chi connectivity index (χ2v) is 5.79. The predicted molar refractivity (Wildman–Crippen MR) is 84.0 cm³/mol. The number of hydrogen-bond donors (Lipinski definition) is 0. The van der Waals surface area contributed by atoms with E-state index in [1.807, 2.05) is 11.0 Å². The molecule has 2 rings (SSSR count). The number of amides is 1. The number of ether oxygens (including phenoxy) is 1. The van der Waals surface area contributed by atoms with Gasteiger partial charge in [-0.1, -0.05) is 30.3 Å². The predicted octanol–water partition coefficient (Wildman–Crippen LogP) is 2.15. The molecule has 0 saturated carbocycles. The number of hydrogen-bond acceptors (Lipinski definition) is 3. The van der Waals surface area contributed by atoms with Gasteiger partial charge in [0.1, 0.15) is 0 Å². The molecule has 1 fully saturated rings. The Bertz CT molecular complexity index is 428. The van der Waals surface area contributed by atoms with Crippen molar-refractivity contribution in [3.8, 4) is 0 Å². The summed E-state index contributed by atoms with van der Waals surface area (Å²) in [7, 11) is 0. The minimum Gasteiger partial charge on any atom is -0.378 e. The summed E-state index contributed by atoms with van der Waals surface area (Å²) >= 11 is 0. The number of carbonyl (C=O) groups excluding carboxylic acids is 1. The number of rotatable bonds is 6. The van der Waals surface area contributed by atoms with Gasteiger partial charge in [0.15, 0.2) is 0 Å². The molecule has 0 unspecified atom stereocenters. The van der Waals surface area contributed by atoms with Gasteiger partial charge in [0, 0.05) is 38.6 Å². The van der Waals surface area contributed by atoms with E-state index in [-0.39, 0.29) is 5.91 Å². The Kier molecular flexibility index (Phi) is 6.21. The van der Waals surface area contributed by atoms with Crippen LogP contribution in [-0.4, -0.2) is 54.6 Å². The molecule has 21 heavy (non-hydrogen) atoms. The average Bonchev–Trinajstić information content (AvgIpc) is 2.52. The van der Waals surface area contributed by atoms with Crippen molar-refractivity contribution in [2.24, 2.45) is 0 Å². The van der Waals surface area contributed by atoms with E-state index in [4.69, 9.17) is 4.74 Å². The van der Waals surface area contributed by atoms with Gasteiger partial charge < -0.3 is 9.64 Å². The molecule has 1 amide bonds. The first-order valence-corrected chi connectivity index (χ1v) is 7.80. The van der Waals surface area contributed by atoms with Crippen LogP contribution in [-0.2, 0) is 16.1 Å². The van der Waals surface area contributed by atoms with Gasteiger partial charge in [-0.25, -0.2) is 0 Å². The molecular formula is C17H26N2O2. The molecule has 0 aromatic heterocycles. The molecule has 1 saturated heterocycles. The van der Waals surface area contributed by atoms with Crippen LogP contribution in [0.15, 0.2) is 30.3 Å². The highest BCUT2D eigenvalue weighted by Gasteiger charge is 2.18. The number of benzene rings is 1. The summed E-state index contributed by atoms with van der Waals surface area (Å²) in [6, 6.07) is 10.9. The average molecular weight is 290 g/mol. The van der Waals surface area contributed by atoms with Crippen molar-refractivity contribution in [1.82, 2.24) is 9.80 Å². The van der Waals surface area contributed by atoms with Crippen LogP contribution in [0.4, 0.5) is 0 Å². The Morgan fingerprint density at radius 1 is 1.24 bits per heavy atom. The Labute approximate surface area is 127 Å². The SMILES string of the molecule is CC(C)N(CCC(=O)N1CCOCC1)Cc1ccccc1. The van der Waals surface area contributed by atoms with Crippen LogP contribution in [0, 0.1) is 0 Å². The fourth-order valence-electron chi connectivity index (χ4n) is 2.55. The van der Waals surface area contributed by atoms with E-state index in [9.17, 15) is 4.79 Å². The zero-order chi connectivity index (χ0) is 15.1. The van der Waals surface area contributed by atoms with Gasteiger partial charge in [0.05, 0.1) is 13.2 Å². The molecule has 1 aliphatic heterocycles. The highest BCUT2D eigenvalue weighted by atomic mass is 16.5. The van der Waals surface area contributed by atoms with Crippen LogP contribution in [0.5, 0.6) is 0 Å². The summed E-state index contributed by atoms with van der Waals surface area (Å²) in [6.07, 6.45) is 0.588.